The van der Waals surface area contributed by atoms with Crippen molar-refractivity contribution in [3.05, 3.63) is 81.8 Å². The molecule has 148 valence electrons. The van der Waals surface area contributed by atoms with Crippen LogP contribution in [0.4, 0.5) is 0 Å². The Morgan fingerprint density at radius 2 is 1.69 bits per heavy atom. The second kappa shape index (κ2) is 8.02. The second-order valence-electron chi connectivity index (χ2n) is 6.26. The van der Waals surface area contributed by atoms with Crippen molar-refractivity contribution in [2.75, 3.05) is 14.2 Å². The van der Waals surface area contributed by atoms with Crippen LogP contribution in [0.25, 0.3) is 5.69 Å². The molecule has 0 fully saturated rings. The van der Waals surface area contributed by atoms with Gasteiger partial charge in [-0.3, -0.25) is 19.0 Å². The summed E-state index contributed by atoms with van der Waals surface area (Å²) in [6.45, 7) is 1.25. The first-order valence-corrected chi connectivity index (χ1v) is 8.70. The van der Waals surface area contributed by atoms with E-state index in [4.69, 9.17) is 9.47 Å². The van der Waals surface area contributed by atoms with Crippen molar-refractivity contribution >= 4 is 11.6 Å². The summed E-state index contributed by atoms with van der Waals surface area (Å²) in [5.41, 5.74) is -0.294. The highest BCUT2D eigenvalue weighted by Gasteiger charge is 2.20. The standard InChI is InChI=1S/C22H19NO6/c1-13(24)16-10-14(21(26)17-11-15(28-2)8-9-19(17)25)12-23(22(16)27)18-6-4-5-7-20(18)29-3/h4-12,25H,1-3H3. The van der Waals surface area contributed by atoms with Gasteiger partial charge in [0, 0.05) is 11.8 Å². The number of benzene rings is 2. The van der Waals surface area contributed by atoms with Crippen molar-refractivity contribution in [3.8, 4) is 22.9 Å². The van der Waals surface area contributed by atoms with Gasteiger partial charge in [-0.15, -0.1) is 0 Å². The van der Waals surface area contributed by atoms with E-state index in [2.05, 4.69) is 0 Å². The van der Waals surface area contributed by atoms with Gasteiger partial charge in [-0.25, -0.2) is 0 Å². The number of ketones is 2. The van der Waals surface area contributed by atoms with E-state index >= 15 is 0 Å². The Balaban J connectivity index is 2.26. The first kappa shape index (κ1) is 19.9. The minimum Gasteiger partial charge on any atom is -0.507 e. The number of ether oxygens (including phenoxy) is 2. The predicted molar refractivity (Wildman–Crippen MR) is 107 cm³/mol. The molecular formula is C22H19NO6. The summed E-state index contributed by atoms with van der Waals surface area (Å²) < 4.78 is 11.6. The van der Waals surface area contributed by atoms with Gasteiger partial charge in [0.15, 0.2) is 11.6 Å². The molecular weight excluding hydrogens is 374 g/mol. The zero-order chi connectivity index (χ0) is 21.1. The van der Waals surface area contributed by atoms with E-state index in [1.165, 1.54) is 56.2 Å². The number of aromatic hydroxyl groups is 1. The van der Waals surface area contributed by atoms with Crippen molar-refractivity contribution < 1.29 is 24.2 Å². The lowest BCUT2D eigenvalue weighted by atomic mass is 10.0. The molecule has 0 bridgehead atoms. The number of carbonyl (C=O) groups excluding carboxylic acids is 2. The van der Waals surface area contributed by atoms with Crippen LogP contribution in [0.2, 0.25) is 0 Å². The molecule has 0 aliphatic heterocycles. The number of nitrogens with zero attached hydrogens (tertiary/aromatic N) is 1. The van der Waals surface area contributed by atoms with Crippen LogP contribution in [0.5, 0.6) is 17.2 Å². The number of methoxy groups -OCH3 is 2. The van der Waals surface area contributed by atoms with Crippen LogP contribution in [-0.4, -0.2) is 35.5 Å². The number of aromatic nitrogens is 1. The molecule has 0 atom stereocenters. The SMILES string of the molecule is COc1ccc(O)c(C(=O)c2cc(C(C)=O)c(=O)n(-c3ccccc3OC)c2)c1. The average Bonchev–Trinajstić information content (AvgIpc) is 2.73. The molecule has 3 rings (SSSR count). The number of para-hydroxylation sites is 2. The van der Waals surface area contributed by atoms with Gasteiger partial charge in [-0.2, -0.15) is 0 Å². The molecule has 1 aromatic heterocycles. The lowest BCUT2D eigenvalue weighted by Gasteiger charge is -2.14. The van der Waals surface area contributed by atoms with E-state index in [0.29, 0.717) is 17.2 Å². The fourth-order valence-electron chi connectivity index (χ4n) is 2.95. The Labute approximate surface area is 166 Å². The second-order valence-corrected chi connectivity index (χ2v) is 6.26. The fourth-order valence-corrected chi connectivity index (χ4v) is 2.95. The van der Waals surface area contributed by atoms with Gasteiger partial charge in [0.05, 0.1) is 31.0 Å². The third kappa shape index (κ3) is 3.75. The van der Waals surface area contributed by atoms with Crippen LogP contribution in [0.1, 0.15) is 33.2 Å². The lowest BCUT2D eigenvalue weighted by molar-refractivity contribution is 0.101. The predicted octanol–water partition coefficient (Wildman–Crippen LogP) is 2.99. The molecule has 29 heavy (non-hydrogen) atoms. The van der Waals surface area contributed by atoms with E-state index in [1.807, 2.05) is 0 Å². The minimum absolute atomic E-state index is 0.0101. The van der Waals surface area contributed by atoms with E-state index in [1.54, 1.807) is 24.3 Å². The number of hydrogen-bond donors (Lipinski definition) is 1. The number of phenolic OH excluding ortho intramolecular Hbond substituents is 1. The van der Waals surface area contributed by atoms with Gasteiger partial charge < -0.3 is 14.6 Å². The molecule has 0 saturated carbocycles. The minimum atomic E-state index is -0.576. The molecule has 7 nitrogen and oxygen atoms in total. The van der Waals surface area contributed by atoms with Crippen molar-refractivity contribution in [1.29, 1.82) is 0 Å². The lowest BCUT2D eigenvalue weighted by Crippen LogP contribution is -2.26. The Hall–Kier alpha value is -3.87. The third-order valence-electron chi connectivity index (χ3n) is 4.45. The molecule has 0 aliphatic rings. The Bertz CT molecular complexity index is 1160. The van der Waals surface area contributed by atoms with E-state index < -0.39 is 17.1 Å². The fraction of sp³-hybridized carbons (Fsp3) is 0.136. The van der Waals surface area contributed by atoms with Gasteiger partial charge in [0.25, 0.3) is 5.56 Å². The number of rotatable bonds is 6. The maximum atomic E-state index is 13.1. The summed E-state index contributed by atoms with van der Waals surface area (Å²) in [5, 5.41) is 10.1. The molecule has 2 aromatic carbocycles. The molecule has 0 amide bonds. The first-order valence-electron chi connectivity index (χ1n) is 8.70. The van der Waals surface area contributed by atoms with Gasteiger partial charge >= 0.3 is 0 Å². The first-order chi connectivity index (χ1) is 13.9. The Kier molecular flexibility index (Phi) is 5.50. The Morgan fingerprint density at radius 1 is 0.966 bits per heavy atom. The molecule has 0 spiro atoms. The van der Waals surface area contributed by atoms with Crippen LogP contribution in [-0.2, 0) is 0 Å². The summed E-state index contributed by atoms with van der Waals surface area (Å²) in [6.07, 6.45) is 1.33. The highest BCUT2D eigenvalue weighted by Crippen LogP contribution is 2.27. The molecule has 7 heteroatoms. The van der Waals surface area contributed by atoms with Crippen LogP contribution in [0.15, 0.2) is 59.5 Å². The average molecular weight is 393 g/mol. The summed E-state index contributed by atoms with van der Waals surface area (Å²) in [5.74, 6) is -0.500. The maximum Gasteiger partial charge on any atom is 0.266 e. The zero-order valence-electron chi connectivity index (χ0n) is 16.1. The van der Waals surface area contributed by atoms with Crippen molar-refractivity contribution in [1.82, 2.24) is 4.57 Å². The normalized spacial score (nSPS) is 10.4. The van der Waals surface area contributed by atoms with Gasteiger partial charge in [0.2, 0.25) is 0 Å². The molecule has 0 unspecified atom stereocenters. The van der Waals surface area contributed by atoms with Crippen molar-refractivity contribution in [2.45, 2.75) is 6.92 Å². The van der Waals surface area contributed by atoms with E-state index in [-0.39, 0.29) is 22.4 Å². The monoisotopic (exact) mass is 393 g/mol. The Morgan fingerprint density at radius 3 is 2.34 bits per heavy atom. The quantitative estimate of drug-likeness (QED) is 0.647. The van der Waals surface area contributed by atoms with Crippen molar-refractivity contribution in [2.24, 2.45) is 0 Å². The smallest absolute Gasteiger partial charge is 0.266 e. The molecule has 1 N–H and O–H groups in total. The van der Waals surface area contributed by atoms with Gasteiger partial charge in [-0.1, -0.05) is 12.1 Å². The van der Waals surface area contributed by atoms with E-state index in [9.17, 15) is 19.5 Å². The molecule has 0 aliphatic carbocycles. The largest absolute Gasteiger partial charge is 0.507 e. The number of carbonyl (C=O) groups is 2. The van der Waals surface area contributed by atoms with E-state index in [0.717, 1.165) is 0 Å². The topological polar surface area (TPSA) is 94.8 Å². The summed E-state index contributed by atoms with van der Waals surface area (Å²) in [7, 11) is 2.90. The van der Waals surface area contributed by atoms with Crippen LogP contribution in [0.3, 0.4) is 0 Å². The van der Waals surface area contributed by atoms with Crippen LogP contribution < -0.4 is 15.0 Å². The molecule has 0 radical (unpaired) electrons. The maximum absolute atomic E-state index is 13.1. The van der Waals surface area contributed by atoms with Gasteiger partial charge in [-0.05, 0) is 43.3 Å². The number of Topliss-reactive ketones (excluding diaryl/α,β-unsaturated/α-hetero) is 1. The molecule has 3 aromatic rings. The summed E-state index contributed by atoms with van der Waals surface area (Å²) in [6, 6.07) is 12.2. The number of phenols is 1. The highest BCUT2D eigenvalue weighted by molar-refractivity contribution is 6.11. The summed E-state index contributed by atoms with van der Waals surface area (Å²) >= 11 is 0. The zero-order valence-corrected chi connectivity index (χ0v) is 16.1. The summed E-state index contributed by atoms with van der Waals surface area (Å²) in [4.78, 5) is 38.0. The number of hydrogen-bond acceptors (Lipinski definition) is 6. The van der Waals surface area contributed by atoms with Crippen molar-refractivity contribution in [3.63, 3.8) is 0 Å². The van der Waals surface area contributed by atoms with Gasteiger partial charge in [0.1, 0.15) is 17.2 Å². The number of pyridine rings is 1. The van der Waals surface area contributed by atoms with Crippen LogP contribution >= 0.6 is 0 Å². The molecule has 0 saturated heterocycles. The van der Waals surface area contributed by atoms with Crippen LogP contribution in [0, 0.1) is 0 Å². The third-order valence-corrected chi connectivity index (χ3v) is 4.45. The highest BCUT2D eigenvalue weighted by atomic mass is 16.5. The molecule has 1 heterocycles.